The van der Waals surface area contributed by atoms with E-state index in [0.29, 0.717) is 19.8 Å². The van der Waals surface area contributed by atoms with Crippen molar-refractivity contribution in [1.29, 1.82) is 0 Å². The van der Waals surface area contributed by atoms with Gasteiger partial charge in [0.05, 0.1) is 17.3 Å². The highest BCUT2D eigenvalue weighted by Crippen LogP contribution is 2.29. The number of halogens is 2. The van der Waals surface area contributed by atoms with Gasteiger partial charge >= 0.3 is 0 Å². The first-order valence-corrected chi connectivity index (χ1v) is 8.42. The number of sulfonamides is 1. The summed E-state index contributed by atoms with van der Waals surface area (Å²) < 4.78 is 44.9. The van der Waals surface area contributed by atoms with E-state index in [2.05, 4.69) is 0 Å². The minimum Gasteiger partial charge on any atom is -0.396 e. The van der Waals surface area contributed by atoms with Crippen molar-refractivity contribution in [2.75, 3.05) is 32.5 Å². The molecular formula is C13H18ClFN2O3S. The summed E-state index contributed by atoms with van der Waals surface area (Å²) in [6.45, 7) is 1.59. The van der Waals surface area contributed by atoms with E-state index in [-0.39, 0.29) is 21.5 Å². The minimum atomic E-state index is -3.81. The Morgan fingerprint density at radius 3 is 2.86 bits per heavy atom. The van der Waals surface area contributed by atoms with Gasteiger partial charge in [-0.15, -0.1) is 0 Å². The minimum absolute atomic E-state index is 0.148. The van der Waals surface area contributed by atoms with E-state index in [1.165, 1.54) is 11.4 Å². The van der Waals surface area contributed by atoms with Crippen LogP contribution in [0.25, 0.3) is 0 Å². The van der Waals surface area contributed by atoms with Gasteiger partial charge < -0.3 is 10.5 Å². The van der Waals surface area contributed by atoms with Crippen molar-refractivity contribution >= 4 is 27.3 Å². The first-order valence-electron chi connectivity index (χ1n) is 6.61. The summed E-state index contributed by atoms with van der Waals surface area (Å²) in [6.07, 6.45) is 1.84. The highest BCUT2D eigenvalue weighted by atomic mass is 35.5. The van der Waals surface area contributed by atoms with Crippen molar-refractivity contribution in [2.24, 2.45) is 5.92 Å². The number of anilines is 1. The van der Waals surface area contributed by atoms with Crippen LogP contribution in [0.5, 0.6) is 0 Å². The molecule has 1 atom stereocenters. The molecule has 2 rings (SSSR count). The third-order valence-electron chi connectivity index (χ3n) is 3.51. The smallest absolute Gasteiger partial charge is 0.244 e. The maximum Gasteiger partial charge on any atom is 0.244 e. The molecule has 5 nitrogen and oxygen atoms in total. The third-order valence-corrected chi connectivity index (χ3v) is 5.80. The zero-order valence-electron chi connectivity index (χ0n) is 11.7. The maximum atomic E-state index is 13.3. The lowest BCUT2D eigenvalue weighted by molar-refractivity contribution is 0.0495. The number of ether oxygens (including phenoxy) is 1. The first-order chi connectivity index (χ1) is 9.82. The quantitative estimate of drug-likeness (QED) is 0.855. The normalized spacial score (nSPS) is 19.9. The first kappa shape index (κ1) is 16.5. The van der Waals surface area contributed by atoms with E-state index in [9.17, 15) is 12.8 Å². The molecule has 0 spiro atoms. The summed E-state index contributed by atoms with van der Waals surface area (Å²) in [7, 11) is -2.34. The standard InChI is InChI=1S/C13H18ClFN2O3S/c1-17(7-9-3-2-4-20-8-9)21(18,19)13-6-12(16)11(15)5-10(13)14/h5-6,9H,2-4,7-8,16H2,1H3. The van der Waals surface area contributed by atoms with Crippen molar-refractivity contribution in [3.05, 3.63) is 23.0 Å². The molecule has 1 fully saturated rings. The molecule has 1 aliphatic heterocycles. The van der Waals surface area contributed by atoms with E-state index in [4.69, 9.17) is 22.1 Å². The van der Waals surface area contributed by atoms with Gasteiger partial charge in [0.25, 0.3) is 0 Å². The Bertz CT molecular complexity index is 618. The van der Waals surface area contributed by atoms with Crippen LogP contribution < -0.4 is 5.73 Å². The van der Waals surface area contributed by atoms with Crippen molar-refractivity contribution < 1.29 is 17.5 Å². The molecule has 8 heteroatoms. The number of hydrogen-bond acceptors (Lipinski definition) is 4. The third kappa shape index (κ3) is 3.66. The zero-order valence-corrected chi connectivity index (χ0v) is 13.3. The molecule has 1 aromatic carbocycles. The van der Waals surface area contributed by atoms with Crippen LogP contribution in [-0.2, 0) is 14.8 Å². The molecule has 1 heterocycles. The van der Waals surface area contributed by atoms with E-state index in [1.54, 1.807) is 0 Å². The van der Waals surface area contributed by atoms with Crippen molar-refractivity contribution in [2.45, 2.75) is 17.7 Å². The molecule has 0 radical (unpaired) electrons. The number of rotatable bonds is 4. The predicted molar refractivity (Wildman–Crippen MR) is 79.2 cm³/mol. The average molecular weight is 337 g/mol. The summed E-state index contributed by atoms with van der Waals surface area (Å²) in [4.78, 5) is -0.178. The summed E-state index contributed by atoms with van der Waals surface area (Å²) in [6, 6.07) is 1.97. The van der Waals surface area contributed by atoms with Crippen LogP contribution in [0, 0.1) is 11.7 Å². The monoisotopic (exact) mass is 336 g/mol. The molecule has 1 saturated heterocycles. The number of nitrogen functional groups attached to an aromatic ring is 1. The topological polar surface area (TPSA) is 72.6 Å². The highest BCUT2D eigenvalue weighted by Gasteiger charge is 2.27. The molecule has 1 unspecified atom stereocenters. The molecule has 2 N–H and O–H groups in total. The highest BCUT2D eigenvalue weighted by molar-refractivity contribution is 7.89. The number of nitrogens with two attached hydrogens (primary N) is 1. The van der Waals surface area contributed by atoms with E-state index < -0.39 is 15.8 Å². The number of benzene rings is 1. The SMILES string of the molecule is CN(CC1CCCOC1)S(=O)(=O)c1cc(N)c(F)cc1Cl. The van der Waals surface area contributed by atoms with Crippen molar-refractivity contribution in [3.63, 3.8) is 0 Å². The Balaban J connectivity index is 2.22. The molecule has 21 heavy (non-hydrogen) atoms. The Morgan fingerprint density at radius 2 is 2.24 bits per heavy atom. The molecule has 118 valence electrons. The van der Waals surface area contributed by atoms with Crippen LogP contribution in [0.3, 0.4) is 0 Å². The van der Waals surface area contributed by atoms with Gasteiger partial charge in [-0.3, -0.25) is 0 Å². The van der Waals surface area contributed by atoms with E-state index >= 15 is 0 Å². The number of nitrogens with zero attached hydrogens (tertiary/aromatic N) is 1. The molecule has 0 saturated carbocycles. The Morgan fingerprint density at radius 1 is 1.52 bits per heavy atom. The average Bonchev–Trinajstić information content (AvgIpc) is 2.43. The Labute approximate surface area is 128 Å². The van der Waals surface area contributed by atoms with Crippen LogP contribution in [-0.4, -0.2) is 39.5 Å². The maximum absolute atomic E-state index is 13.3. The van der Waals surface area contributed by atoms with Crippen molar-refractivity contribution in [3.8, 4) is 0 Å². The summed E-state index contributed by atoms with van der Waals surface area (Å²) in [5, 5.41) is -0.173. The van der Waals surface area contributed by atoms with Crippen LogP contribution in [0.15, 0.2) is 17.0 Å². The molecule has 0 bridgehead atoms. The van der Waals surface area contributed by atoms with Gasteiger partial charge in [0.15, 0.2) is 0 Å². The van der Waals surface area contributed by atoms with Gasteiger partial charge in [-0.1, -0.05) is 11.6 Å². The lowest BCUT2D eigenvalue weighted by atomic mass is 10.0. The predicted octanol–water partition coefficient (Wildman–Crippen LogP) is 2.11. The second kappa shape index (κ2) is 6.48. The zero-order chi connectivity index (χ0) is 15.6. The van der Waals surface area contributed by atoms with Gasteiger partial charge in [-0.2, -0.15) is 0 Å². The number of hydrogen-bond donors (Lipinski definition) is 1. The van der Waals surface area contributed by atoms with Crippen LogP contribution >= 0.6 is 11.6 Å². The summed E-state index contributed by atoms with van der Waals surface area (Å²) in [5.74, 6) is -0.586. The summed E-state index contributed by atoms with van der Waals surface area (Å²) in [5.41, 5.74) is 5.19. The van der Waals surface area contributed by atoms with Crippen LogP contribution in [0.1, 0.15) is 12.8 Å². The largest absolute Gasteiger partial charge is 0.396 e. The van der Waals surface area contributed by atoms with Gasteiger partial charge in [0.2, 0.25) is 10.0 Å². The molecular weight excluding hydrogens is 319 g/mol. The Hall–Kier alpha value is -0.890. The fourth-order valence-corrected chi connectivity index (χ4v) is 4.09. The van der Waals surface area contributed by atoms with Gasteiger partial charge in [0, 0.05) is 20.2 Å². The molecule has 1 aromatic rings. The van der Waals surface area contributed by atoms with E-state index in [1.807, 2.05) is 0 Å². The Kier molecular flexibility index (Phi) is 5.08. The second-order valence-electron chi connectivity index (χ2n) is 5.17. The van der Waals surface area contributed by atoms with Crippen molar-refractivity contribution in [1.82, 2.24) is 4.31 Å². The molecule has 0 amide bonds. The van der Waals surface area contributed by atoms with E-state index in [0.717, 1.165) is 25.0 Å². The molecule has 0 aromatic heterocycles. The van der Waals surface area contributed by atoms with Gasteiger partial charge in [-0.25, -0.2) is 17.1 Å². The summed E-state index contributed by atoms with van der Waals surface area (Å²) >= 11 is 5.85. The fourth-order valence-electron chi connectivity index (χ4n) is 2.32. The lowest BCUT2D eigenvalue weighted by Crippen LogP contribution is -2.35. The molecule has 1 aliphatic rings. The lowest BCUT2D eigenvalue weighted by Gasteiger charge is -2.27. The molecule has 0 aliphatic carbocycles. The van der Waals surface area contributed by atoms with Crippen LogP contribution in [0.2, 0.25) is 5.02 Å². The second-order valence-corrected chi connectivity index (χ2v) is 7.59. The van der Waals surface area contributed by atoms with Gasteiger partial charge in [-0.05, 0) is 30.9 Å². The van der Waals surface area contributed by atoms with Crippen LogP contribution in [0.4, 0.5) is 10.1 Å². The van der Waals surface area contributed by atoms with Gasteiger partial charge in [0.1, 0.15) is 10.7 Å². The fraction of sp³-hybridized carbons (Fsp3) is 0.538.